The van der Waals surface area contributed by atoms with Gasteiger partial charge in [-0.1, -0.05) is 90.0 Å². The van der Waals surface area contributed by atoms with E-state index in [9.17, 15) is 14.4 Å². The number of hydrazine groups is 1. The van der Waals surface area contributed by atoms with Crippen LogP contribution in [0.15, 0.2) is 66.7 Å². The zero-order valence-electron chi connectivity index (χ0n) is 24.7. The van der Waals surface area contributed by atoms with Gasteiger partial charge in [-0.3, -0.25) is 14.6 Å². The van der Waals surface area contributed by atoms with Crippen LogP contribution >= 0.6 is 34.5 Å². The van der Waals surface area contributed by atoms with Crippen molar-refractivity contribution in [2.24, 2.45) is 0 Å². The molecule has 3 aromatic carbocycles. The van der Waals surface area contributed by atoms with Crippen LogP contribution in [0.3, 0.4) is 0 Å². The highest BCUT2D eigenvalue weighted by Crippen LogP contribution is 2.32. The minimum absolute atomic E-state index is 0.0184. The van der Waals surface area contributed by atoms with E-state index in [1.54, 1.807) is 38.0 Å². The maximum absolute atomic E-state index is 14.2. The first-order valence-electron chi connectivity index (χ1n) is 14.8. The summed E-state index contributed by atoms with van der Waals surface area (Å²) >= 11 is 13.6. The van der Waals surface area contributed by atoms with Crippen molar-refractivity contribution in [3.8, 4) is 0 Å². The van der Waals surface area contributed by atoms with E-state index in [0.29, 0.717) is 41.1 Å². The molecule has 2 aliphatic rings. The molecule has 0 saturated carbocycles. The number of piperazine rings is 1. The third kappa shape index (κ3) is 6.44. The number of nitrogens with one attached hydrogen (secondary N) is 1. The maximum Gasteiger partial charge on any atom is 0.332 e. The highest BCUT2D eigenvalue weighted by molar-refractivity contribution is 7.22. The fourth-order valence-corrected chi connectivity index (χ4v) is 7.16. The molecule has 4 aromatic rings. The molecular formula is C32H33Cl2N7O3S. The predicted molar refractivity (Wildman–Crippen MR) is 176 cm³/mol. The van der Waals surface area contributed by atoms with Gasteiger partial charge in [-0.2, -0.15) is 5.01 Å². The van der Waals surface area contributed by atoms with Crippen molar-refractivity contribution in [2.75, 3.05) is 25.4 Å². The van der Waals surface area contributed by atoms with Crippen LogP contribution in [0.1, 0.15) is 30.0 Å². The Morgan fingerprint density at radius 2 is 1.87 bits per heavy atom. The molecule has 0 bridgehead atoms. The number of urea groups is 1. The molecular weight excluding hydrogens is 633 g/mol. The van der Waals surface area contributed by atoms with Crippen molar-refractivity contribution in [1.82, 2.24) is 30.1 Å². The van der Waals surface area contributed by atoms with Crippen molar-refractivity contribution in [2.45, 2.75) is 45.1 Å². The molecule has 45 heavy (non-hydrogen) atoms. The fraction of sp³-hybridized carbons (Fsp3) is 0.312. The maximum atomic E-state index is 14.2. The van der Waals surface area contributed by atoms with Gasteiger partial charge in [-0.05, 0) is 41.3 Å². The van der Waals surface area contributed by atoms with Crippen LogP contribution in [0, 0.1) is 0 Å². The van der Waals surface area contributed by atoms with Gasteiger partial charge in [0.25, 0.3) is 0 Å². The summed E-state index contributed by atoms with van der Waals surface area (Å²) in [4.78, 5) is 49.5. The third-order valence-electron chi connectivity index (χ3n) is 8.13. The average molecular weight is 667 g/mol. The Labute approximate surface area is 275 Å². The smallest absolute Gasteiger partial charge is 0.332 e. The first-order chi connectivity index (χ1) is 21.7. The summed E-state index contributed by atoms with van der Waals surface area (Å²) in [6.45, 7) is 3.10. The average Bonchev–Trinajstić information content (AvgIpc) is 3.57. The highest BCUT2D eigenvalue weighted by atomic mass is 35.5. The molecule has 0 radical (unpaired) electrons. The molecule has 3 heterocycles. The van der Waals surface area contributed by atoms with Gasteiger partial charge in [-0.15, -0.1) is 0 Å². The van der Waals surface area contributed by atoms with E-state index < -0.39 is 12.2 Å². The lowest BCUT2D eigenvalue weighted by Gasteiger charge is -2.46. The Bertz CT molecular complexity index is 1740. The molecule has 13 heteroatoms. The largest absolute Gasteiger partial charge is 0.375 e. The molecule has 2 saturated heterocycles. The van der Waals surface area contributed by atoms with Crippen LogP contribution in [0.4, 0.5) is 9.93 Å². The number of nitrogens with two attached hydrogens (primary N) is 1. The highest BCUT2D eigenvalue weighted by Gasteiger charge is 2.52. The van der Waals surface area contributed by atoms with Gasteiger partial charge in [-0.25, -0.2) is 9.78 Å². The summed E-state index contributed by atoms with van der Waals surface area (Å²) < 4.78 is 0.947. The van der Waals surface area contributed by atoms with E-state index in [1.807, 2.05) is 55.5 Å². The lowest BCUT2D eigenvalue weighted by molar-refractivity contribution is -0.157. The molecule has 3 N–H and O–H groups in total. The number of aromatic nitrogens is 1. The van der Waals surface area contributed by atoms with Gasteiger partial charge in [0.1, 0.15) is 12.2 Å². The number of anilines is 1. The second-order valence-electron chi connectivity index (χ2n) is 11.1. The van der Waals surface area contributed by atoms with Crippen molar-refractivity contribution in [1.29, 1.82) is 0 Å². The van der Waals surface area contributed by atoms with Gasteiger partial charge < -0.3 is 20.9 Å². The minimum atomic E-state index is -0.730. The standard InChI is InChI=1S/C32H33Cl2N7O3S/c1-2-13-39(32(44)36-16-21-11-12-23(33)24(34)14-21)40-19-28(42)41-25(15-20-7-4-3-5-8-20)30(43)38(18-27(40)41)17-22-9-6-10-26-29(22)37-31(35)45-26/h3-12,14,25,27H,2,13,15-19H2,1H3,(H2,35,37)(H,36,44)/t25-,27?/m0/s1. The van der Waals surface area contributed by atoms with E-state index in [-0.39, 0.29) is 37.5 Å². The minimum Gasteiger partial charge on any atom is -0.375 e. The number of hydrogen-bond donors (Lipinski definition) is 2. The summed E-state index contributed by atoms with van der Waals surface area (Å²) in [5, 5.41) is 7.66. The Morgan fingerprint density at radius 1 is 1.07 bits per heavy atom. The third-order valence-corrected chi connectivity index (χ3v) is 9.72. The van der Waals surface area contributed by atoms with Crippen LogP contribution in [-0.4, -0.2) is 74.5 Å². The fourth-order valence-electron chi connectivity index (χ4n) is 6.06. The van der Waals surface area contributed by atoms with Crippen molar-refractivity contribution in [3.05, 3.63) is 93.5 Å². The summed E-state index contributed by atoms with van der Waals surface area (Å²) in [5.41, 5.74) is 9.40. The van der Waals surface area contributed by atoms with Crippen LogP contribution < -0.4 is 11.1 Å². The van der Waals surface area contributed by atoms with E-state index >= 15 is 0 Å². The molecule has 2 fully saturated rings. The van der Waals surface area contributed by atoms with E-state index in [0.717, 1.165) is 26.9 Å². The number of thiazole rings is 1. The number of nitrogens with zero attached hydrogens (tertiary/aromatic N) is 5. The van der Waals surface area contributed by atoms with E-state index in [2.05, 4.69) is 10.3 Å². The number of carbonyl (C=O) groups excluding carboxylic acids is 3. The van der Waals surface area contributed by atoms with E-state index in [4.69, 9.17) is 28.9 Å². The zero-order chi connectivity index (χ0) is 31.7. The summed E-state index contributed by atoms with van der Waals surface area (Å²) in [5.74, 6) is -0.335. The van der Waals surface area contributed by atoms with Crippen LogP contribution in [0.25, 0.3) is 10.2 Å². The monoisotopic (exact) mass is 665 g/mol. The van der Waals surface area contributed by atoms with E-state index in [1.165, 1.54) is 11.3 Å². The molecule has 1 unspecified atom stereocenters. The number of rotatable bonds is 9. The summed E-state index contributed by atoms with van der Waals surface area (Å²) in [7, 11) is 0. The Morgan fingerprint density at radius 3 is 2.62 bits per heavy atom. The number of nitrogen functional groups attached to an aromatic ring is 1. The summed E-state index contributed by atoms with van der Waals surface area (Å²) in [6, 6.07) is 19.6. The van der Waals surface area contributed by atoms with Crippen molar-refractivity contribution in [3.63, 3.8) is 0 Å². The molecule has 2 atom stereocenters. The first kappa shape index (κ1) is 31.1. The van der Waals surface area contributed by atoms with Gasteiger partial charge in [0.05, 0.1) is 33.4 Å². The molecule has 10 nitrogen and oxygen atoms in total. The van der Waals surface area contributed by atoms with Gasteiger partial charge in [0, 0.05) is 26.1 Å². The van der Waals surface area contributed by atoms with Gasteiger partial charge in [0.15, 0.2) is 5.13 Å². The Kier molecular flexibility index (Phi) is 9.14. The molecule has 0 aliphatic carbocycles. The number of para-hydroxylation sites is 1. The van der Waals surface area contributed by atoms with Crippen LogP contribution in [0.2, 0.25) is 10.0 Å². The molecule has 0 spiro atoms. The molecule has 2 aliphatic heterocycles. The second-order valence-corrected chi connectivity index (χ2v) is 13.0. The number of halogens is 2. The SMILES string of the molecule is CCCN(C(=O)NCc1ccc(Cl)c(Cl)c1)N1CC(=O)N2C1CN(Cc1cccc3sc(N)nc13)C(=O)[C@@H]2Cc1ccccc1. The molecule has 4 amide bonds. The lowest BCUT2D eigenvalue weighted by Crippen LogP contribution is -2.66. The Hall–Kier alpha value is -3.90. The number of amides is 4. The van der Waals surface area contributed by atoms with Gasteiger partial charge in [0.2, 0.25) is 11.8 Å². The van der Waals surface area contributed by atoms with Crippen LogP contribution in [0.5, 0.6) is 0 Å². The Balaban J connectivity index is 1.30. The van der Waals surface area contributed by atoms with Crippen molar-refractivity contribution < 1.29 is 14.4 Å². The first-order valence-corrected chi connectivity index (χ1v) is 16.3. The molecule has 234 valence electrons. The van der Waals surface area contributed by atoms with Gasteiger partial charge >= 0.3 is 6.03 Å². The number of hydrogen-bond acceptors (Lipinski definition) is 7. The lowest BCUT2D eigenvalue weighted by atomic mass is 10.00. The number of carbonyl (C=O) groups is 3. The second kappa shape index (κ2) is 13.2. The zero-order valence-corrected chi connectivity index (χ0v) is 27.0. The molecule has 6 rings (SSSR count). The topological polar surface area (TPSA) is 115 Å². The van der Waals surface area contributed by atoms with Crippen molar-refractivity contribution >= 4 is 67.7 Å². The number of benzene rings is 3. The van der Waals surface area contributed by atoms with Crippen LogP contribution in [-0.2, 0) is 29.1 Å². The molecule has 1 aromatic heterocycles. The normalized spacial score (nSPS) is 18.5. The summed E-state index contributed by atoms with van der Waals surface area (Å²) in [6.07, 6.45) is 0.490. The quantitative estimate of drug-likeness (QED) is 0.256. The number of fused-ring (bicyclic) bond motifs is 2. The predicted octanol–water partition coefficient (Wildman–Crippen LogP) is 5.15.